The second-order valence-electron chi connectivity index (χ2n) is 2.12. The zero-order valence-corrected chi connectivity index (χ0v) is 10.5. The van der Waals surface area contributed by atoms with E-state index in [2.05, 4.69) is 14.0 Å². The van der Waals surface area contributed by atoms with Crippen molar-refractivity contribution in [3.05, 3.63) is 6.29 Å². The quantitative estimate of drug-likeness (QED) is 0.440. The van der Waals surface area contributed by atoms with Gasteiger partial charge < -0.3 is 19.1 Å². The van der Waals surface area contributed by atoms with Crippen LogP contribution in [0, 0.1) is 6.29 Å². The van der Waals surface area contributed by atoms with Crippen molar-refractivity contribution in [1.29, 1.82) is 0 Å². The molecule has 0 spiro atoms. The molecule has 0 aromatic heterocycles. The van der Waals surface area contributed by atoms with Gasteiger partial charge in [0, 0.05) is 13.8 Å². The van der Waals surface area contributed by atoms with E-state index in [0.717, 1.165) is 20.8 Å². The molecule has 14 heavy (non-hydrogen) atoms. The molecule has 0 rings (SSSR count). The van der Waals surface area contributed by atoms with E-state index in [4.69, 9.17) is 0 Å². The molecule has 0 aliphatic rings. The Morgan fingerprint density at radius 3 is 1.57 bits per heavy atom. The molecular weight excluding hydrogens is 202 g/mol. The summed E-state index contributed by atoms with van der Waals surface area (Å²) in [4.78, 5) is 20.8. The maximum atomic E-state index is 10.4. The van der Waals surface area contributed by atoms with Crippen LogP contribution < -0.4 is 34.7 Å². The molecule has 0 unspecified atom stereocenters. The summed E-state index contributed by atoms with van der Waals surface area (Å²) < 4.78 is 13.0. The van der Waals surface area contributed by atoms with E-state index in [1.165, 1.54) is 0 Å². The molecule has 0 saturated heterocycles. The third-order valence-electron chi connectivity index (χ3n) is 0.787. The Labute approximate surface area is 104 Å². The van der Waals surface area contributed by atoms with Gasteiger partial charge in [-0.1, -0.05) is 6.92 Å². The third kappa shape index (κ3) is 10.0. The van der Waals surface area contributed by atoms with E-state index in [1.807, 2.05) is 0 Å². The van der Waals surface area contributed by atoms with Crippen molar-refractivity contribution in [2.24, 2.45) is 0 Å². The minimum absolute atomic E-state index is 0. The molecule has 0 heterocycles. The summed E-state index contributed by atoms with van der Waals surface area (Å²) in [5.74, 6) is -1.43. The first-order valence-corrected chi connectivity index (χ1v) is 3.43. The largest absolute Gasteiger partial charge is 1.00 e. The van der Waals surface area contributed by atoms with Gasteiger partial charge in [-0.3, -0.25) is 9.59 Å². The zero-order valence-electron chi connectivity index (χ0n) is 8.53. The van der Waals surface area contributed by atoms with Crippen LogP contribution in [0.3, 0.4) is 0 Å². The molecule has 0 aliphatic carbocycles. The number of rotatable bonds is 4. The molecule has 0 amide bonds. The van der Waals surface area contributed by atoms with Gasteiger partial charge in [-0.15, -0.1) is 0 Å². The smallest absolute Gasteiger partial charge is 0.829 e. The molecule has 0 aromatic rings. The van der Waals surface area contributed by atoms with Crippen LogP contribution in [0.4, 0.5) is 0 Å². The fourth-order valence-electron chi connectivity index (χ4n) is 0.479. The predicted octanol–water partition coefficient (Wildman–Crippen LogP) is -4.01. The predicted molar refractivity (Wildman–Crippen MR) is 39.3 cm³/mol. The second kappa shape index (κ2) is 8.25. The van der Waals surface area contributed by atoms with Crippen molar-refractivity contribution in [3.8, 4) is 0 Å². The number of hydrogen-bond donors (Lipinski definition) is 0. The molecule has 0 fully saturated rings. The zero-order chi connectivity index (χ0) is 10.4. The molecular formula is C6H9BNaO6. The van der Waals surface area contributed by atoms with Crippen LogP contribution >= 0.6 is 0 Å². The molecule has 0 N–H and O–H groups in total. The molecule has 73 valence electrons. The Balaban J connectivity index is 0. The Morgan fingerprint density at radius 1 is 1.00 bits per heavy atom. The van der Waals surface area contributed by atoms with Crippen LogP contribution in [0.5, 0.6) is 0 Å². The van der Waals surface area contributed by atoms with Gasteiger partial charge >= 0.3 is 36.9 Å². The number of carbonyl (C=O) groups is 2. The summed E-state index contributed by atoms with van der Waals surface area (Å²) in [5.41, 5.74) is 0. The second-order valence-corrected chi connectivity index (χ2v) is 2.12. The van der Waals surface area contributed by atoms with Gasteiger partial charge in [0.25, 0.3) is 11.9 Å². The Hall–Kier alpha value is -0.0751. The van der Waals surface area contributed by atoms with Crippen LogP contribution in [-0.4, -0.2) is 19.3 Å². The average Bonchev–Trinajstić information content (AvgIpc) is 1.80. The monoisotopic (exact) mass is 211 g/mol. The summed E-state index contributed by atoms with van der Waals surface area (Å²) >= 11 is 0. The van der Waals surface area contributed by atoms with E-state index in [9.17, 15) is 14.7 Å². The first kappa shape index (κ1) is 16.4. The van der Waals surface area contributed by atoms with Crippen LogP contribution in [0.15, 0.2) is 0 Å². The fraction of sp³-hybridized carbons (Fsp3) is 0.500. The maximum Gasteiger partial charge on any atom is 1.00 e. The fourth-order valence-corrected chi connectivity index (χ4v) is 0.479. The first-order chi connectivity index (χ1) is 5.91. The van der Waals surface area contributed by atoms with Gasteiger partial charge in [0.1, 0.15) is 0 Å². The Kier molecular flexibility index (Phi) is 9.64. The topological polar surface area (TPSA) is 84.9 Å². The molecule has 0 aromatic carbocycles. The van der Waals surface area contributed by atoms with E-state index in [-0.39, 0.29) is 29.6 Å². The van der Waals surface area contributed by atoms with Crippen molar-refractivity contribution >= 4 is 19.3 Å². The number of hydrogen-bond acceptors (Lipinski definition) is 6. The van der Waals surface area contributed by atoms with Gasteiger partial charge in [-0.05, 0) is 6.29 Å². The maximum absolute atomic E-state index is 10.4. The molecule has 0 aliphatic heterocycles. The van der Waals surface area contributed by atoms with E-state index in [1.54, 1.807) is 0 Å². The molecule has 0 bridgehead atoms. The van der Waals surface area contributed by atoms with Crippen molar-refractivity contribution < 1.29 is 58.2 Å². The molecule has 8 heteroatoms. The summed E-state index contributed by atoms with van der Waals surface area (Å²) in [5, 5.41) is 10.4. The van der Waals surface area contributed by atoms with Gasteiger partial charge in [0.2, 0.25) is 0 Å². The first-order valence-electron chi connectivity index (χ1n) is 3.43. The van der Waals surface area contributed by atoms with Gasteiger partial charge in [-0.25, -0.2) is 0 Å². The summed E-state index contributed by atoms with van der Waals surface area (Å²) in [6.45, 7) is 3.29. The van der Waals surface area contributed by atoms with Gasteiger partial charge in [0.05, 0.1) is 0 Å². The van der Waals surface area contributed by atoms with E-state index >= 15 is 0 Å². The van der Waals surface area contributed by atoms with Crippen LogP contribution in [0.2, 0.25) is 0 Å². The third-order valence-corrected chi connectivity index (χ3v) is 0.787. The Morgan fingerprint density at radius 2 is 1.36 bits per heavy atom. The van der Waals surface area contributed by atoms with Crippen molar-refractivity contribution in [2.45, 2.75) is 20.8 Å². The normalized spacial score (nSPS) is 8.93. The van der Waals surface area contributed by atoms with Crippen LogP contribution in [0.25, 0.3) is 0 Å². The average molecular weight is 211 g/mol. The molecule has 1 radical (unpaired) electrons. The standard InChI is InChI=1S/C6H9BO6.Na/c1-4(8)11-7(12-5(2)9)13-6(3)10;/h1-3H3;/q-1;+1. The SMILES string of the molecule is C[C]([O-])OB(OC(C)=O)OC(C)=O.[Na+]. The number of carbonyl (C=O) groups excluding carboxylic acids is 2. The summed E-state index contributed by atoms with van der Waals surface area (Å²) in [6.07, 6.45) is -0.715. The minimum Gasteiger partial charge on any atom is -0.829 e. The molecule has 6 nitrogen and oxygen atoms in total. The van der Waals surface area contributed by atoms with Gasteiger partial charge in [-0.2, -0.15) is 0 Å². The molecule has 0 saturated carbocycles. The minimum atomic E-state index is -1.59. The van der Waals surface area contributed by atoms with E-state index in [0.29, 0.717) is 0 Å². The summed E-state index contributed by atoms with van der Waals surface area (Å²) in [6, 6.07) is 0. The van der Waals surface area contributed by atoms with Gasteiger partial charge in [0.15, 0.2) is 0 Å². The van der Waals surface area contributed by atoms with Crippen LogP contribution in [-0.2, 0) is 23.6 Å². The van der Waals surface area contributed by atoms with E-state index < -0.39 is 25.5 Å². The van der Waals surface area contributed by atoms with Crippen molar-refractivity contribution in [2.75, 3.05) is 0 Å². The van der Waals surface area contributed by atoms with Crippen LogP contribution in [0.1, 0.15) is 20.8 Å². The molecule has 0 atom stereocenters. The summed E-state index contributed by atoms with van der Waals surface area (Å²) in [7, 11) is -1.59. The van der Waals surface area contributed by atoms with Crippen molar-refractivity contribution in [3.63, 3.8) is 0 Å². The van der Waals surface area contributed by atoms with Crippen molar-refractivity contribution in [1.82, 2.24) is 0 Å². The Bertz CT molecular complexity index is 181.